The summed E-state index contributed by atoms with van der Waals surface area (Å²) in [6, 6.07) is 11.3. The van der Waals surface area contributed by atoms with Crippen molar-refractivity contribution in [2.45, 2.75) is 32.1 Å². The maximum absolute atomic E-state index is 13.2. The number of fused-ring (bicyclic) bond motifs is 2. The van der Waals surface area contributed by atoms with Crippen molar-refractivity contribution in [1.29, 1.82) is 0 Å². The fourth-order valence-electron chi connectivity index (χ4n) is 4.07. The number of aryl methyl sites for hydroxylation is 1. The van der Waals surface area contributed by atoms with E-state index in [4.69, 9.17) is 0 Å². The minimum atomic E-state index is -0.256. The molecule has 5 rings (SSSR count). The molecule has 0 saturated carbocycles. The van der Waals surface area contributed by atoms with Crippen LogP contribution in [-0.2, 0) is 19.3 Å². The number of aromatic nitrogens is 3. The third-order valence-corrected chi connectivity index (χ3v) is 6.84. The maximum atomic E-state index is 13.2. The van der Waals surface area contributed by atoms with Gasteiger partial charge in [0.05, 0.1) is 22.2 Å². The van der Waals surface area contributed by atoms with E-state index < -0.39 is 0 Å². The zero-order chi connectivity index (χ0) is 21.9. The molecule has 0 bridgehead atoms. The minimum Gasteiger partial charge on any atom is -0.351 e. The monoisotopic (exact) mass is 445 g/mol. The summed E-state index contributed by atoms with van der Waals surface area (Å²) >= 11 is 1.51. The van der Waals surface area contributed by atoms with Gasteiger partial charge in [-0.1, -0.05) is 12.1 Å². The Kier molecular flexibility index (Phi) is 5.68. The summed E-state index contributed by atoms with van der Waals surface area (Å²) in [7, 11) is 0. The molecule has 2 amide bonds. The molecule has 3 heterocycles. The Balaban J connectivity index is 1.32. The van der Waals surface area contributed by atoms with Crippen molar-refractivity contribution in [3.8, 4) is 0 Å². The zero-order valence-corrected chi connectivity index (χ0v) is 18.3. The van der Waals surface area contributed by atoms with Crippen LogP contribution in [0.1, 0.15) is 49.8 Å². The second kappa shape index (κ2) is 8.92. The largest absolute Gasteiger partial charge is 0.351 e. The number of H-pyrrole nitrogens is 1. The number of pyridine rings is 1. The van der Waals surface area contributed by atoms with Crippen molar-refractivity contribution in [2.24, 2.45) is 0 Å². The van der Waals surface area contributed by atoms with E-state index >= 15 is 0 Å². The lowest BCUT2D eigenvalue weighted by Crippen LogP contribution is -2.28. The van der Waals surface area contributed by atoms with Crippen molar-refractivity contribution < 1.29 is 9.59 Å². The Bertz CT molecular complexity index is 1250. The number of carbonyl (C=O) groups excluding carboxylic acids is 2. The minimum absolute atomic E-state index is 0.151. The van der Waals surface area contributed by atoms with Crippen LogP contribution in [0.25, 0.3) is 11.0 Å². The van der Waals surface area contributed by atoms with Crippen LogP contribution >= 0.6 is 11.3 Å². The van der Waals surface area contributed by atoms with Crippen molar-refractivity contribution in [1.82, 2.24) is 20.3 Å². The lowest BCUT2D eigenvalue weighted by atomic mass is 9.95. The van der Waals surface area contributed by atoms with Gasteiger partial charge in [-0.2, -0.15) is 0 Å². The molecular weight excluding hydrogens is 422 g/mol. The van der Waals surface area contributed by atoms with E-state index in [0.717, 1.165) is 48.1 Å². The first kappa shape index (κ1) is 20.4. The topological polar surface area (TPSA) is 99.8 Å². The van der Waals surface area contributed by atoms with E-state index in [2.05, 4.69) is 25.6 Å². The third-order valence-electron chi connectivity index (χ3n) is 5.63. The molecule has 0 fully saturated rings. The first-order valence-corrected chi connectivity index (χ1v) is 11.6. The second-order valence-electron chi connectivity index (χ2n) is 7.82. The molecule has 3 aromatic heterocycles. The van der Waals surface area contributed by atoms with Crippen LogP contribution < -0.4 is 10.6 Å². The standard InChI is InChI=1S/C24H23N5O2S/c30-22(15-6-5-12-25-14-15)29-24-21(16-7-1-4-10-19(16)32-24)23(31)26-13-11-20-27-17-8-2-3-9-18(17)28-20/h2-3,5-6,8-9,12,14H,1,4,7,10-11,13H2,(H,26,31)(H,27,28)(H,29,30). The maximum Gasteiger partial charge on any atom is 0.257 e. The number of para-hydroxylation sites is 2. The zero-order valence-electron chi connectivity index (χ0n) is 17.5. The Labute approximate surface area is 189 Å². The quantitative estimate of drug-likeness (QED) is 0.416. The molecule has 0 unspecified atom stereocenters. The van der Waals surface area contributed by atoms with Gasteiger partial charge < -0.3 is 15.6 Å². The molecule has 7 nitrogen and oxygen atoms in total. The number of hydrogen-bond donors (Lipinski definition) is 3. The predicted molar refractivity (Wildman–Crippen MR) is 125 cm³/mol. The van der Waals surface area contributed by atoms with E-state index in [1.807, 2.05) is 24.3 Å². The van der Waals surface area contributed by atoms with E-state index in [9.17, 15) is 9.59 Å². The van der Waals surface area contributed by atoms with Crippen LogP contribution in [0, 0.1) is 0 Å². The van der Waals surface area contributed by atoms with Gasteiger partial charge in [0.1, 0.15) is 10.8 Å². The number of thiophene rings is 1. The average molecular weight is 446 g/mol. The molecule has 0 aliphatic heterocycles. The lowest BCUT2D eigenvalue weighted by Gasteiger charge is -2.13. The molecule has 0 atom stereocenters. The van der Waals surface area contributed by atoms with Gasteiger partial charge in [-0.3, -0.25) is 14.6 Å². The predicted octanol–water partition coefficient (Wildman–Crippen LogP) is 4.12. The Morgan fingerprint density at radius 1 is 1.06 bits per heavy atom. The summed E-state index contributed by atoms with van der Waals surface area (Å²) in [6.45, 7) is 0.458. The number of carbonyl (C=O) groups is 2. The number of hydrogen-bond acceptors (Lipinski definition) is 5. The number of aromatic amines is 1. The highest BCUT2D eigenvalue weighted by atomic mass is 32.1. The number of rotatable bonds is 6. The van der Waals surface area contributed by atoms with Gasteiger partial charge in [-0.15, -0.1) is 11.3 Å². The summed E-state index contributed by atoms with van der Waals surface area (Å²) < 4.78 is 0. The Morgan fingerprint density at radius 2 is 1.94 bits per heavy atom. The molecule has 4 aromatic rings. The average Bonchev–Trinajstić information content (AvgIpc) is 3.40. The summed E-state index contributed by atoms with van der Waals surface area (Å²) in [5.41, 5.74) is 4.05. The van der Waals surface area contributed by atoms with Crippen LogP contribution in [-0.4, -0.2) is 33.3 Å². The van der Waals surface area contributed by atoms with Crippen molar-refractivity contribution in [2.75, 3.05) is 11.9 Å². The molecule has 1 aliphatic carbocycles. The van der Waals surface area contributed by atoms with Crippen LogP contribution in [0.3, 0.4) is 0 Å². The Morgan fingerprint density at radius 3 is 2.78 bits per heavy atom. The number of nitrogens with zero attached hydrogens (tertiary/aromatic N) is 2. The molecule has 32 heavy (non-hydrogen) atoms. The highest BCUT2D eigenvalue weighted by Crippen LogP contribution is 2.38. The number of nitrogens with one attached hydrogen (secondary N) is 3. The molecule has 0 spiro atoms. The molecule has 8 heteroatoms. The molecule has 0 radical (unpaired) electrons. The van der Waals surface area contributed by atoms with Gasteiger partial charge in [0, 0.05) is 30.2 Å². The molecule has 162 valence electrons. The van der Waals surface area contributed by atoms with Crippen LogP contribution in [0.4, 0.5) is 5.00 Å². The van der Waals surface area contributed by atoms with Crippen molar-refractivity contribution >= 4 is 39.2 Å². The van der Waals surface area contributed by atoms with Crippen molar-refractivity contribution in [3.63, 3.8) is 0 Å². The molecule has 1 aromatic carbocycles. The smallest absolute Gasteiger partial charge is 0.257 e. The summed E-state index contributed by atoms with van der Waals surface area (Å²) in [6.07, 6.45) is 7.72. The molecule has 1 aliphatic rings. The van der Waals surface area contributed by atoms with Gasteiger partial charge >= 0.3 is 0 Å². The van der Waals surface area contributed by atoms with E-state index in [0.29, 0.717) is 29.1 Å². The SMILES string of the molecule is O=C(Nc1sc2c(c1C(=O)NCCc1nc3ccccc3[nH]1)CCCC2)c1cccnc1. The lowest BCUT2D eigenvalue weighted by molar-refractivity contribution is 0.0954. The Hall–Kier alpha value is -3.52. The summed E-state index contributed by atoms with van der Waals surface area (Å²) in [5.74, 6) is 0.430. The van der Waals surface area contributed by atoms with E-state index in [1.54, 1.807) is 18.3 Å². The fourth-order valence-corrected chi connectivity index (χ4v) is 5.36. The molecule has 0 saturated heterocycles. The third kappa shape index (κ3) is 4.13. The highest BCUT2D eigenvalue weighted by molar-refractivity contribution is 7.17. The number of amides is 2. The molecular formula is C24H23N5O2S. The fraction of sp³-hybridized carbons (Fsp3) is 0.250. The second-order valence-corrected chi connectivity index (χ2v) is 8.92. The normalized spacial score (nSPS) is 13.0. The van der Waals surface area contributed by atoms with Crippen LogP contribution in [0.5, 0.6) is 0 Å². The van der Waals surface area contributed by atoms with Crippen LogP contribution in [0.15, 0.2) is 48.8 Å². The number of imidazole rings is 1. The van der Waals surface area contributed by atoms with Gasteiger partial charge in [-0.05, 0) is 55.5 Å². The van der Waals surface area contributed by atoms with Gasteiger partial charge in [0.15, 0.2) is 0 Å². The van der Waals surface area contributed by atoms with Crippen LogP contribution in [0.2, 0.25) is 0 Å². The van der Waals surface area contributed by atoms with Crippen molar-refractivity contribution in [3.05, 3.63) is 76.2 Å². The number of benzene rings is 1. The first-order valence-electron chi connectivity index (χ1n) is 10.8. The van der Waals surface area contributed by atoms with Gasteiger partial charge in [0.2, 0.25) is 0 Å². The van der Waals surface area contributed by atoms with E-state index in [-0.39, 0.29) is 11.8 Å². The summed E-state index contributed by atoms with van der Waals surface area (Å²) in [5, 5.41) is 6.59. The summed E-state index contributed by atoms with van der Waals surface area (Å²) in [4.78, 5) is 38.9. The van der Waals surface area contributed by atoms with Gasteiger partial charge in [-0.25, -0.2) is 4.98 Å². The van der Waals surface area contributed by atoms with Gasteiger partial charge in [0.25, 0.3) is 11.8 Å². The molecule has 3 N–H and O–H groups in total. The highest BCUT2D eigenvalue weighted by Gasteiger charge is 2.26. The number of anilines is 1. The van der Waals surface area contributed by atoms with E-state index in [1.165, 1.54) is 22.4 Å². The first-order chi connectivity index (χ1) is 15.7.